The molecule has 3 heterocycles. The van der Waals surface area contributed by atoms with Crippen LogP contribution < -0.4 is 5.32 Å². The van der Waals surface area contributed by atoms with Gasteiger partial charge in [0.25, 0.3) is 11.8 Å². The highest BCUT2D eigenvalue weighted by Crippen LogP contribution is 2.26. The quantitative estimate of drug-likeness (QED) is 0.702. The molecule has 2 aliphatic heterocycles. The Morgan fingerprint density at radius 1 is 1.07 bits per heavy atom. The minimum atomic E-state index is -0.330. The van der Waals surface area contributed by atoms with Gasteiger partial charge >= 0.3 is 0 Å². The van der Waals surface area contributed by atoms with E-state index in [9.17, 15) is 14.4 Å². The van der Waals surface area contributed by atoms with Crippen LogP contribution in [0.4, 0.5) is 0 Å². The standard InChI is InChI=1S/C21H23N3O4S/c25-19(7-8-24-20(26)15-4-1-2-5-16(15)21(24)27)22-14-17(18-6-3-13-29-18)23-9-11-28-12-10-23/h1-6,13,17H,7-12,14H2,(H,22,25)/t17-/m1/s1. The molecule has 0 radical (unpaired) electrons. The first-order chi connectivity index (χ1) is 14.1. The molecule has 0 unspecified atom stereocenters. The number of rotatable bonds is 7. The predicted octanol–water partition coefficient (Wildman–Crippen LogP) is 1.92. The van der Waals surface area contributed by atoms with E-state index >= 15 is 0 Å². The molecule has 8 heteroatoms. The zero-order valence-corrected chi connectivity index (χ0v) is 16.8. The number of hydrogen-bond acceptors (Lipinski definition) is 6. The summed E-state index contributed by atoms with van der Waals surface area (Å²) < 4.78 is 5.44. The molecule has 0 aliphatic carbocycles. The fourth-order valence-electron chi connectivity index (χ4n) is 3.73. The Kier molecular flexibility index (Phi) is 6.03. The van der Waals surface area contributed by atoms with Crippen molar-refractivity contribution >= 4 is 29.1 Å². The van der Waals surface area contributed by atoms with E-state index in [-0.39, 0.29) is 36.7 Å². The third-order valence-electron chi connectivity index (χ3n) is 5.29. The molecule has 1 aromatic heterocycles. The lowest BCUT2D eigenvalue weighted by atomic mass is 10.1. The maximum Gasteiger partial charge on any atom is 0.261 e. The first-order valence-corrected chi connectivity index (χ1v) is 10.6. The summed E-state index contributed by atoms with van der Waals surface area (Å²) in [7, 11) is 0. The molecule has 0 bridgehead atoms. The summed E-state index contributed by atoms with van der Waals surface area (Å²) in [4.78, 5) is 41.9. The van der Waals surface area contributed by atoms with E-state index in [0.717, 1.165) is 18.0 Å². The van der Waals surface area contributed by atoms with Crippen LogP contribution in [0.1, 0.15) is 38.1 Å². The molecule has 4 rings (SSSR count). The van der Waals surface area contributed by atoms with Crippen LogP contribution in [0.5, 0.6) is 0 Å². The fraction of sp³-hybridized carbons (Fsp3) is 0.381. The van der Waals surface area contributed by atoms with Crippen molar-refractivity contribution in [1.82, 2.24) is 15.1 Å². The average Bonchev–Trinajstić information content (AvgIpc) is 3.36. The molecular formula is C21H23N3O4S. The number of hydrogen-bond donors (Lipinski definition) is 1. The molecule has 3 amide bonds. The highest BCUT2D eigenvalue weighted by molar-refractivity contribution is 7.10. The van der Waals surface area contributed by atoms with Gasteiger partial charge in [-0.25, -0.2) is 0 Å². The normalized spacial score (nSPS) is 18.0. The van der Waals surface area contributed by atoms with Gasteiger partial charge in [-0.1, -0.05) is 18.2 Å². The Labute approximate surface area is 173 Å². The van der Waals surface area contributed by atoms with E-state index in [0.29, 0.717) is 30.9 Å². The van der Waals surface area contributed by atoms with Gasteiger partial charge in [-0.3, -0.25) is 24.2 Å². The minimum absolute atomic E-state index is 0.0827. The largest absolute Gasteiger partial charge is 0.379 e. The average molecular weight is 413 g/mol. The van der Waals surface area contributed by atoms with Crippen molar-refractivity contribution in [2.45, 2.75) is 12.5 Å². The van der Waals surface area contributed by atoms with Gasteiger partial charge in [-0.2, -0.15) is 0 Å². The van der Waals surface area contributed by atoms with Crippen molar-refractivity contribution in [3.63, 3.8) is 0 Å². The maximum absolute atomic E-state index is 12.4. The van der Waals surface area contributed by atoms with Crippen molar-refractivity contribution in [1.29, 1.82) is 0 Å². The zero-order valence-electron chi connectivity index (χ0n) is 16.0. The molecule has 2 aromatic rings. The molecule has 2 aliphatic rings. The van der Waals surface area contributed by atoms with Crippen LogP contribution in [0.2, 0.25) is 0 Å². The molecule has 1 N–H and O–H groups in total. The van der Waals surface area contributed by atoms with Crippen molar-refractivity contribution in [2.75, 3.05) is 39.4 Å². The van der Waals surface area contributed by atoms with Crippen LogP contribution in [0.25, 0.3) is 0 Å². The lowest BCUT2D eigenvalue weighted by molar-refractivity contribution is -0.121. The Morgan fingerprint density at radius 3 is 2.38 bits per heavy atom. The van der Waals surface area contributed by atoms with Crippen LogP contribution in [-0.4, -0.2) is 66.9 Å². The molecule has 7 nitrogen and oxygen atoms in total. The van der Waals surface area contributed by atoms with Crippen molar-refractivity contribution < 1.29 is 19.1 Å². The third kappa shape index (κ3) is 4.24. The number of thiophene rings is 1. The summed E-state index contributed by atoms with van der Waals surface area (Å²) in [5, 5.41) is 5.01. The van der Waals surface area contributed by atoms with Crippen molar-refractivity contribution in [2.24, 2.45) is 0 Å². The Bertz CT molecular complexity index is 858. The summed E-state index contributed by atoms with van der Waals surface area (Å²) in [5.74, 6) is -0.831. The van der Waals surface area contributed by atoms with Crippen LogP contribution in [0, 0.1) is 0 Å². The Balaban J connectivity index is 1.32. The predicted molar refractivity (Wildman–Crippen MR) is 109 cm³/mol. The van der Waals surface area contributed by atoms with E-state index in [2.05, 4.69) is 16.3 Å². The molecule has 29 heavy (non-hydrogen) atoms. The van der Waals surface area contributed by atoms with Gasteiger partial charge < -0.3 is 10.1 Å². The molecule has 1 fully saturated rings. The molecule has 1 atom stereocenters. The van der Waals surface area contributed by atoms with Gasteiger partial charge in [0.15, 0.2) is 0 Å². The number of amides is 3. The second-order valence-corrected chi connectivity index (χ2v) is 8.02. The van der Waals surface area contributed by atoms with Gasteiger partial charge in [0.2, 0.25) is 5.91 Å². The van der Waals surface area contributed by atoms with Gasteiger partial charge in [0, 0.05) is 37.5 Å². The number of benzene rings is 1. The van der Waals surface area contributed by atoms with Crippen molar-refractivity contribution in [3.05, 3.63) is 57.8 Å². The Hall–Kier alpha value is -2.55. The van der Waals surface area contributed by atoms with Crippen LogP contribution in [0.3, 0.4) is 0 Å². The van der Waals surface area contributed by atoms with E-state index in [1.165, 1.54) is 4.88 Å². The fourth-order valence-corrected chi connectivity index (χ4v) is 4.60. The van der Waals surface area contributed by atoms with E-state index in [4.69, 9.17) is 4.74 Å². The topological polar surface area (TPSA) is 79.0 Å². The number of ether oxygens (including phenoxy) is 1. The van der Waals surface area contributed by atoms with E-state index in [1.807, 2.05) is 11.4 Å². The number of imide groups is 1. The number of fused-ring (bicyclic) bond motifs is 1. The first kappa shape index (κ1) is 19.8. The SMILES string of the molecule is O=C(CCN1C(=O)c2ccccc2C1=O)NC[C@H](c1cccs1)N1CCOCC1. The highest BCUT2D eigenvalue weighted by atomic mass is 32.1. The maximum atomic E-state index is 12.4. The third-order valence-corrected chi connectivity index (χ3v) is 6.26. The highest BCUT2D eigenvalue weighted by Gasteiger charge is 2.35. The molecule has 0 saturated carbocycles. The minimum Gasteiger partial charge on any atom is -0.379 e. The second kappa shape index (κ2) is 8.86. The summed E-state index contributed by atoms with van der Waals surface area (Å²) >= 11 is 1.67. The molecule has 1 aromatic carbocycles. The van der Waals surface area contributed by atoms with Gasteiger partial charge in [0.1, 0.15) is 0 Å². The molecule has 152 valence electrons. The monoisotopic (exact) mass is 413 g/mol. The lowest BCUT2D eigenvalue weighted by Crippen LogP contribution is -2.44. The van der Waals surface area contributed by atoms with Gasteiger partial charge in [0.05, 0.1) is 30.4 Å². The smallest absolute Gasteiger partial charge is 0.261 e. The van der Waals surface area contributed by atoms with E-state index in [1.54, 1.807) is 35.6 Å². The van der Waals surface area contributed by atoms with Crippen LogP contribution in [-0.2, 0) is 9.53 Å². The number of carbonyl (C=O) groups excluding carboxylic acids is 3. The summed E-state index contributed by atoms with van der Waals surface area (Å²) in [6.07, 6.45) is 0.0890. The number of nitrogens with one attached hydrogen (secondary N) is 1. The molecular weight excluding hydrogens is 390 g/mol. The van der Waals surface area contributed by atoms with E-state index < -0.39 is 0 Å². The number of morpholine rings is 1. The molecule has 1 saturated heterocycles. The summed E-state index contributed by atoms with van der Waals surface area (Å²) in [6.45, 7) is 3.60. The zero-order chi connectivity index (χ0) is 20.2. The number of carbonyl (C=O) groups is 3. The van der Waals surface area contributed by atoms with Crippen LogP contribution in [0.15, 0.2) is 41.8 Å². The van der Waals surface area contributed by atoms with Crippen LogP contribution >= 0.6 is 11.3 Å². The summed E-state index contributed by atoms with van der Waals surface area (Å²) in [6, 6.07) is 10.9. The lowest BCUT2D eigenvalue weighted by Gasteiger charge is -2.34. The number of nitrogens with zero attached hydrogens (tertiary/aromatic N) is 2. The van der Waals surface area contributed by atoms with Gasteiger partial charge in [-0.05, 0) is 23.6 Å². The second-order valence-electron chi connectivity index (χ2n) is 7.04. The first-order valence-electron chi connectivity index (χ1n) is 9.72. The van der Waals surface area contributed by atoms with Gasteiger partial charge in [-0.15, -0.1) is 11.3 Å². The van der Waals surface area contributed by atoms with Crippen molar-refractivity contribution in [3.8, 4) is 0 Å². The summed E-state index contributed by atoms with van der Waals surface area (Å²) in [5.41, 5.74) is 0.811. The Morgan fingerprint density at radius 2 is 1.76 bits per heavy atom. The molecule has 0 spiro atoms.